The van der Waals surface area contributed by atoms with E-state index in [-0.39, 0.29) is 16.5 Å². The predicted molar refractivity (Wildman–Crippen MR) is 122 cm³/mol. The van der Waals surface area contributed by atoms with Gasteiger partial charge in [-0.15, -0.1) is 11.3 Å². The third-order valence-corrected chi connectivity index (χ3v) is 7.97. The first-order valence-electron chi connectivity index (χ1n) is 9.25. The lowest BCUT2D eigenvalue weighted by Gasteiger charge is -2.08. The monoisotopic (exact) mass is 473 g/mol. The maximum absolute atomic E-state index is 13.5. The molecule has 0 spiro atoms. The molecule has 0 aliphatic rings. The number of sulfone groups is 1. The molecule has 3 nitrogen and oxygen atoms in total. The Kier molecular flexibility index (Phi) is 6.22. The fourth-order valence-electron chi connectivity index (χ4n) is 3.10. The topological polar surface area (TPSA) is 47.0 Å². The smallest absolute Gasteiger partial charge is 0.176 e. The number of aromatic nitrogens is 1. The zero-order valence-electron chi connectivity index (χ0n) is 16.4. The van der Waals surface area contributed by atoms with Crippen LogP contribution in [0.5, 0.6) is 0 Å². The molecule has 0 amide bonds. The van der Waals surface area contributed by atoms with E-state index in [0.717, 1.165) is 5.56 Å². The summed E-state index contributed by atoms with van der Waals surface area (Å²) in [5.41, 5.74) is 2.65. The number of thiazole rings is 1. The maximum Gasteiger partial charge on any atom is 0.176 e. The van der Waals surface area contributed by atoms with Crippen molar-refractivity contribution in [2.75, 3.05) is 6.26 Å². The minimum atomic E-state index is -3.47. The van der Waals surface area contributed by atoms with Crippen molar-refractivity contribution >= 4 is 32.9 Å². The Morgan fingerprint density at radius 2 is 1.68 bits per heavy atom. The molecule has 0 atom stereocenters. The molecule has 0 bridgehead atoms. The summed E-state index contributed by atoms with van der Waals surface area (Å²) in [6.07, 6.45) is 1.17. The molecule has 4 aromatic rings. The van der Waals surface area contributed by atoms with Gasteiger partial charge in [0.25, 0.3) is 0 Å². The third kappa shape index (κ3) is 5.03. The quantitative estimate of drug-likeness (QED) is 0.302. The van der Waals surface area contributed by atoms with Crippen LogP contribution in [-0.4, -0.2) is 19.7 Å². The number of hydrogen-bond donors (Lipinski definition) is 0. The van der Waals surface area contributed by atoms with E-state index in [4.69, 9.17) is 4.98 Å². The molecule has 0 aliphatic carbocycles. The maximum atomic E-state index is 13.5. The van der Waals surface area contributed by atoms with E-state index in [1.807, 2.05) is 6.07 Å². The molecule has 31 heavy (non-hydrogen) atoms. The molecule has 1 heterocycles. The number of nitrogens with zero attached hydrogens (tertiary/aromatic N) is 1. The highest BCUT2D eigenvalue weighted by molar-refractivity contribution is 8.00. The van der Waals surface area contributed by atoms with Crippen molar-refractivity contribution < 1.29 is 17.2 Å². The van der Waals surface area contributed by atoms with Crippen LogP contribution in [0.4, 0.5) is 8.78 Å². The highest BCUT2D eigenvalue weighted by Crippen LogP contribution is 2.43. The van der Waals surface area contributed by atoms with Crippen LogP contribution in [0.2, 0.25) is 0 Å². The van der Waals surface area contributed by atoms with Gasteiger partial charge in [-0.05, 0) is 48.0 Å². The molecule has 0 unspecified atom stereocenters. The van der Waals surface area contributed by atoms with Crippen LogP contribution >= 0.6 is 23.1 Å². The Hall–Kier alpha value is -2.55. The van der Waals surface area contributed by atoms with Gasteiger partial charge in [0.1, 0.15) is 11.6 Å². The van der Waals surface area contributed by atoms with E-state index >= 15 is 0 Å². The summed E-state index contributed by atoms with van der Waals surface area (Å²) in [7, 11) is -3.47. The summed E-state index contributed by atoms with van der Waals surface area (Å²) in [6, 6.07) is 19.1. The van der Waals surface area contributed by atoms with Gasteiger partial charge < -0.3 is 0 Å². The number of halogens is 2. The average Bonchev–Trinajstić information content (AvgIpc) is 3.16. The molecule has 0 radical (unpaired) electrons. The standard InChI is InChI=1S/C23H17F2NO2S3/c1-31(27,28)20-8-3-2-7-19(20)22-21(16-9-11-17(24)12-10-16)26-23(30-22)29-14-15-5-4-6-18(25)13-15/h2-13H,14H2,1H3. The van der Waals surface area contributed by atoms with Crippen molar-refractivity contribution in [1.82, 2.24) is 4.98 Å². The molecule has 4 rings (SSSR count). The Morgan fingerprint density at radius 3 is 2.39 bits per heavy atom. The van der Waals surface area contributed by atoms with Gasteiger partial charge in [-0.3, -0.25) is 0 Å². The summed E-state index contributed by atoms with van der Waals surface area (Å²) < 4.78 is 52.4. The second-order valence-corrected chi connectivity index (χ2v) is 11.1. The third-order valence-electron chi connectivity index (χ3n) is 4.51. The minimum absolute atomic E-state index is 0.212. The molecule has 0 aliphatic heterocycles. The molecular formula is C23H17F2NO2S3. The fraction of sp³-hybridized carbons (Fsp3) is 0.0870. The summed E-state index contributed by atoms with van der Waals surface area (Å²) >= 11 is 2.81. The van der Waals surface area contributed by atoms with Crippen LogP contribution in [0.25, 0.3) is 21.7 Å². The van der Waals surface area contributed by atoms with E-state index in [9.17, 15) is 17.2 Å². The van der Waals surface area contributed by atoms with Gasteiger partial charge in [-0.1, -0.05) is 42.1 Å². The van der Waals surface area contributed by atoms with E-state index in [2.05, 4.69) is 0 Å². The van der Waals surface area contributed by atoms with Gasteiger partial charge in [0.2, 0.25) is 0 Å². The number of benzene rings is 3. The van der Waals surface area contributed by atoms with E-state index in [1.165, 1.54) is 53.6 Å². The van der Waals surface area contributed by atoms with Crippen molar-refractivity contribution in [3.63, 3.8) is 0 Å². The van der Waals surface area contributed by atoms with Crippen LogP contribution in [-0.2, 0) is 15.6 Å². The minimum Gasteiger partial charge on any atom is -0.229 e. The van der Waals surface area contributed by atoms with Crippen molar-refractivity contribution in [2.45, 2.75) is 15.0 Å². The Balaban J connectivity index is 1.79. The summed E-state index contributed by atoms with van der Waals surface area (Å²) in [5, 5.41) is 0. The van der Waals surface area contributed by atoms with Gasteiger partial charge in [0, 0.05) is 23.1 Å². The van der Waals surface area contributed by atoms with Gasteiger partial charge in [-0.2, -0.15) is 0 Å². The van der Waals surface area contributed by atoms with Crippen LogP contribution < -0.4 is 0 Å². The first-order chi connectivity index (χ1) is 14.8. The highest BCUT2D eigenvalue weighted by Gasteiger charge is 2.21. The van der Waals surface area contributed by atoms with Gasteiger partial charge in [0.05, 0.1) is 15.5 Å². The Morgan fingerprint density at radius 1 is 0.935 bits per heavy atom. The molecule has 0 saturated carbocycles. The lowest BCUT2D eigenvalue weighted by Crippen LogP contribution is -1.99. The molecular weight excluding hydrogens is 456 g/mol. The molecule has 3 aromatic carbocycles. The number of rotatable bonds is 6. The van der Waals surface area contributed by atoms with Crippen LogP contribution in [0.1, 0.15) is 5.56 Å². The van der Waals surface area contributed by atoms with E-state index in [1.54, 1.807) is 42.5 Å². The average molecular weight is 474 g/mol. The van der Waals surface area contributed by atoms with Crippen LogP contribution in [0.15, 0.2) is 82.0 Å². The lowest BCUT2D eigenvalue weighted by molar-refractivity contribution is 0.602. The summed E-state index contributed by atoms with van der Waals surface area (Å²) in [5.74, 6) is -0.147. The molecule has 0 N–H and O–H groups in total. The zero-order chi connectivity index (χ0) is 22.0. The Bertz CT molecular complexity index is 1330. The summed E-state index contributed by atoms with van der Waals surface area (Å²) in [4.78, 5) is 5.62. The fourth-order valence-corrected chi connectivity index (χ4v) is 6.21. The van der Waals surface area contributed by atoms with Crippen LogP contribution in [0.3, 0.4) is 0 Å². The van der Waals surface area contributed by atoms with Gasteiger partial charge in [-0.25, -0.2) is 22.2 Å². The SMILES string of the molecule is CS(=O)(=O)c1ccccc1-c1sc(SCc2cccc(F)c2)nc1-c1ccc(F)cc1. The first kappa shape index (κ1) is 21.7. The second kappa shape index (κ2) is 8.90. The predicted octanol–water partition coefficient (Wildman–Crippen LogP) is 6.45. The molecule has 1 aromatic heterocycles. The van der Waals surface area contributed by atoms with Crippen molar-refractivity contribution in [1.29, 1.82) is 0 Å². The number of thioether (sulfide) groups is 1. The largest absolute Gasteiger partial charge is 0.229 e. The zero-order valence-corrected chi connectivity index (χ0v) is 18.8. The van der Waals surface area contributed by atoms with Crippen molar-refractivity contribution in [3.05, 3.63) is 90.0 Å². The molecule has 8 heteroatoms. The van der Waals surface area contributed by atoms with Gasteiger partial charge in [0.15, 0.2) is 14.2 Å². The summed E-state index contributed by atoms with van der Waals surface area (Å²) in [6.45, 7) is 0. The van der Waals surface area contributed by atoms with Gasteiger partial charge >= 0.3 is 0 Å². The molecule has 158 valence electrons. The second-order valence-electron chi connectivity index (χ2n) is 6.85. The van der Waals surface area contributed by atoms with E-state index < -0.39 is 9.84 Å². The number of hydrogen-bond acceptors (Lipinski definition) is 5. The molecule has 0 fully saturated rings. The molecule has 0 saturated heterocycles. The first-order valence-corrected chi connectivity index (χ1v) is 12.9. The lowest BCUT2D eigenvalue weighted by atomic mass is 10.1. The highest BCUT2D eigenvalue weighted by atomic mass is 32.2. The normalized spacial score (nSPS) is 11.6. The van der Waals surface area contributed by atoms with E-state index in [0.29, 0.717) is 31.8 Å². The van der Waals surface area contributed by atoms with Crippen molar-refractivity contribution in [2.24, 2.45) is 0 Å². The van der Waals surface area contributed by atoms with Crippen molar-refractivity contribution in [3.8, 4) is 21.7 Å². The van der Waals surface area contributed by atoms with Crippen LogP contribution in [0, 0.1) is 11.6 Å². The Labute approximate surface area is 187 Å².